The lowest BCUT2D eigenvalue weighted by Gasteiger charge is -2.09. The van der Waals surface area contributed by atoms with Gasteiger partial charge in [0.05, 0.1) is 15.6 Å². The first kappa shape index (κ1) is 17.4. The highest BCUT2D eigenvalue weighted by Gasteiger charge is 2.17. The minimum atomic E-state index is 0.791. The van der Waals surface area contributed by atoms with Crippen LogP contribution in [0.4, 0.5) is 0 Å². The summed E-state index contributed by atoms with van der Waals surface area (Å²) in [7, 11) is 1.83. The van der Waals surface area contributed by atoms with Crippen molar-refractivity contribution in [3.63, 3.8) is 0 Å². The third-order valence-corrected chi connectivity index (χ3v) is 5.70. The van der Waals surface area contributed by atoms with Crippen molar-refractivity contribution in [1.29, 1.82) is 0 Å². The Bertz CT molecular complexity index is 1060. The number of benzene rings is 3. The van der Waals surface area contributed by atoms with Crippen LogP contribution in [0.5, 0.6) is 0 Å². The summed E-state index contributed by atoms with van der Waals surface area (Å²) in [5.74, 6) is 0. The molecular formula is C22H18ClNS. The molecule has 4 aromatic rings. The molecule has 1 aromatic heterocycles. The first-order chi connectivity index (χ1) is 12.3. The molecule has 0 spiro atoms. The molecule has 0 atom stereocenters. The van der Waals surface area contributed by atoms with Gasteiger partial charge < -0.3 is 0 Å². The molecule has 1 nitrogen and oxygen atoms in total. The molecule has 0 saturated carbocycles. The van der Waals surface area contributed by atoms with Crippen molar-refractivity contribution in [2.45, 2.75) is 0 Å². The molecule has 0 fully saturated rings. The van der Waals surface area contributed by atoms with E-state index in [9.17, 15) is 0 Å². The molecule has 0 N–H and O–H groups in total. The number of rotatable bonds is 2. The number of fused-ring (bicyclic) bond motifs is 2. The number of thiophene rings is 1. The van der Waals surface area contributed by atoms with Gasteiger partial charge in [-0.15, -0.1) is 24.5 Å². The number of nitrogens with zero attached hydrogens (tertiary/aromatic N) is 1. The lowest BCUT2D eigenvalue weighted by molar-refractivity contribution is 1.44. The Hall–Kier alpha value is -2.42. The van der Waals surface area contributed by atoms with E-state index in [0.717, 1.165) is 26.6 Å². The van der Waals surface area contributed by atoms with E-state index in [1.807, 2.05) is 19.2 Å². The Morgan fingerprint density at radius 1 is 0.880 bits per heavy atom. The second kappa shape index (κ2) is 7.64. The monoisotopic (exact) mass is 363 g/mol. The van der Waals surface area contributed by atoms with Crippen LogP contribution in [0.3, 0.4) is 0 Å². The van der Waals surface area contributed by atoms with E-state index in [2.05, 4.69) is 72.7 Å². The molecule has 0 amide bonds. The maximum absolute atomic E-state index is 6.66. The fourth-order valence-corrected chi connectivity index (χ4v) is 4.51. The second-order valence-corrected chi connectivity index (χ2v) is 6.77. The van der Waals surface area contributed by atoms with Crippen molar-refractivity contribution in [3.05, 3.63) is 95.4 Å². The van der Waals surface area contributed by atoms with E-state index in [1.165, 1.54) is 15.5 Å². The summed E-state index contributed by atoms with van der Waals surface area (Å²) in [6.45, 7) is 6.00. The van der Waals surface area contributed by atoms with E-state index in [1.54, 1.807) is 11.3 Å². The number of halogens is 1. The molecule has 0 aliphatic rings. The van der Waals surface area contributed by atoms with Gasteiger partial charge >= 0.3 is 0 Å². The SMILES string of the molecule is C=C.CN=C(c1sc2ccccc2c1Cl)c1cccc2ccccc12. The standard InChI is InChI=1S/C20H14ClNS.C2H4/c1-22-19(15-11-6-8-13-7-2-3-9-14(13)15)20-18(21)16-10-4-5-12-17(16)23-20;1-2/h2-12H,1H3;1-2H2. The van der Waals surface area contributed by atoms with Crippen LogP contribution in [0.1, 0.15) is 10.4 Å². The highest BCUT2D eigenvalue weighted by atomic mass is 35.5. The number of hydrogen-bond donors (Lipinski definition) is 0. The Kier molecular flexibility index (Phi) is 5.32. The first-order valence-corrected chi connectivity index (χ1v) is 9.11. The highest BCUT2D eigenvalue weighted by molar-refractivity contribution is 7.21. The van der Waals surface area contributed by atoms with Crippen LogP contribution in [0.2, 0.25) is 5.02 Å². The fraction of sp³-hybridized carbons (Fsp3) is 0.0455. The van der Waals surface area contributed by atoms with E-state index >= 15 is 0 Å². The van der Waals surface area contributed by atoms with Crippen LogP contribution in [0, 0.1) is 0 Å². The van der Waals surface area contributed by atoms with Gasteiger partial charge in [0.1, 0.15) is 0 Å². The smallest absolute Gasteiger partial charge is 0.0837 e. The maximum atomic E-state index is 6.66. The van der Waals surface area contributed by atoms with E-state index in [-0.39, 0.29) is 0 Å². The third-order valence-electron chi connectivity index (χ3n) is 4.02. The van der Waals surface area contributed by atoms with Crippen molar-refractivity contribution in [1.82, 2.24) is 0 Å². The summed E-state index contributed by atoms with van der Waals surface area (Å²) in [6, 6.07) is 22.9. The van der Waals surface area contributed by atoms with Crippen molar-refractivity contribution < 1.29 is 0 Å². The van der Waals surface area contributed by atoms with Crippen LogP contribution in [0.15, 0.2) is 84.9 Å². The van der Waals surface area contributed by atoms with Crippen molar-refractivity contribution >= 4 is 49.5 Å². The topological polar surface area (TPSA) is 12.4 Å². The Morgan fingerprint density at radius 2 is 1.52 bits per heavy atom. The summed E-state index contributed by atoms with van der Waals surface area (Å²) in [5, 5.41) is 4.29. The minimum absolute atomic E-state index is 0.791. The molecule has 1 heterocycles. The summed E-state index contributed by atoms with van der Waals surface area (Å²) in [5.41, 5.74) is 2.08. The zero-order valence-corrected chi connectivity index (χ0v) is 15.6. The van der Waals surface area contributed by atoms with Crippen molar-refractivity contribution in [3.8, 4) is 0 Å². The van der Waals surface area contributed by atoms with Gasteiger partial charge in [0.25, 0.3) is 0 Å². The minimum Gasteiger partial charge on any atom is -0.286 e. The van der Waals surface area contributed by atoms with Gasteiger partial charge in [0, 0.05) is 22.7 Å². The summed E-state index contributed by atoms with van der Waals surface area (Å²) < 4.78 is 1.19. The van der Waals surface area contributed by atoms with Gasteiger partial charge in [0.15, 0.2) is 0 Å². The Morgan fingerprint density at radius 3 is 2.24 bits per heavy atom. The fourth-order valence-electron chi connectivity index (χ4n) is 2.94. The summed E-state index contributed by atoms with van der Waals surface area (Å²) in [6.07, 6.45) is 0. The van der Waals surface area contributed by atoms with E-state index < -0.39 is 0 Å². The molecule has 25 heavy (non-hydrogen) atoms. The molecule has 0 saturated heterocycles. The maximum Gasteiger partial charge on any atom is 0.0837 e. The predicted octanol–water partition coefficient (Wildman–Crippen LogP) is 6.98. The average molecular weight is 364 g/mol. The third kappa shape index (κ3) is 3.11. The number of aliphatic imine (C=N–C) groups is 1. The van der Waals surface area contributed by atoms with Gasteiger partial charge in [-0.25, -0.2) is 0 Å². The molecule has 0 aliphatic heterocycles. The lowest BCUT2D eigenvalue weighted by atomic mass is 10.00. The normalized spacial score (nSPS) is 11.4. The van der Waals surface area contributed by atoms with Gasteiger partial charge in [-0.2, -0.15) is 0 Å². The predicted molar refractivity (Wildman–Crippen MR) is 114 cm³/mol. The second-order valence-electron chi connectivity index (χ2n) is 5.34. The molecule has 124 valence electrons. The molecule has 0 aliphatic carbocycles. The molecule has 0 radical (unpaired) electrons. The van der Waals surface area contributed by atoms with Gasteiger partial charge in [0.2, 0.25) is 0 Å². The highest BCUT2D eigenvalue weighted by Crippen LogP contribution is 2.37. The van der Waals surface area contributed by atoms with Crippen LogP contribution in [-0.4, -0.2) is 12.8 Å². The zero-order valence-electron chi connectivity index (χ0n) is 14.0. The van der Waals surface area contributed by atoms with Crippen molar-refractivity contribution in [2.24, 2.45) is 4.99 Å². The Labute approximate surface area is 156 Å². The summed E-state index contributed by atoms with van der Waals surface area (Å²) >= 11 is 8.36. The molecule has 3 aromatic carbocycles. The Balaban J connectivity index is 0.000000880. The lowest BCUT2D eigenvalue weighted by Crippen LogP contribution is -2.02. The van der Waals surface area contributed by atoms with E-state index in [4.69, 9.17) is 11.6 Å². The molecule has 4 rings (SSSR count). The molecule has 0 bridgehead atoms. The zero-order chi connectivity index (χ0) is 17.8. The van der Waals surface area contributed by atoms with Crippen LogP contribution >= 0.6 is 22.9 Å². The quantitative estimate of drug-likeness (QED) is 0.269. The van der Waals surface area contributed by atoms with Crippen molar-refractivity contribution in [2.75, 3.05) is 7.05 Å². The van der Waals surface area contributed by atoms with Gasteiger partial charge in [-0.05, 0) is 16.8 Å². The molecule has 3 heteroatoms. The van der Waals surface area contributed by atoms with Gasteiger partial charge in [-0.1, -0.05) is 72.3 Å². The van der Waals surface area contributed by atoms with Crippen LogP contribution in [-0.2, 0) is 0 Å². The first-order valence-electron chi connectivity index (χ1n) is 7.92. The van der Waals surface area contributed by atoms with Crippen LogP contribution < -0.4 is 0 Å². The average Bonchev–Trinajstić information content (AvgIpc) is 3.01. The molecular weight excluding hydrogens is 346 g/mol. The molecule has 0 unspecified atom stereocenters. The van der Waals surface area contributed by atoms with E-state index in [0.29, 0.717) is 0 Å². The number of hydrogen-bond acceptors (Lipinski definition) is 2. The largest absolute Gasteiger partial charge is 0.286 e. The van der Waals surface area contributed by atoms with Crippen LogP contribution in [0.25, 0.3) is 20.9 Å². The summed E-state index contributed by atoms with van der Waals surface area (Å²) in [4.78, 5) is 5.61. The van der Waals surface area contributed by atoms with Gasteiger partial charge in [-0.3, -0.25) is 4.99 Å².